The number of hydrogen-bond acceptors (Lipinski definition) is 3. The van der Waals surface area contributed by atoms with Crippen LogP contribution in [0.2, 0.25) is 0 Å². The predicted molar refractivity (Wildman–Crippen MR) is 56.4 cm³/mol. The molecule has 0 spiro atoms. The molecule has 3 heteroatoms. The van der Waals surface area contributed by atoms with Gasteiger partial charge in [-0.1, -0.05) is 6.92 Å². The topological polar surface area (TPSA) is 44.3 Å². The lowest BCUT2D eigenvalue weighted by atomic mass is 10.2. The molecule has 13 heavy (non-hydrogen) atoms. The predicted octanol–water partition coefficient (Wildman–Crippen LogP) is 2.26. The molecule has 0 amide bonds. The average Bonchev–Trinajstić information content (AvgIpc) is 2.16. The molecule has 0 aromatic heterocycles. The maximum atomic E-state index is 9.23. The smallest absolute Gasteiger partial charge is 0.117 e. The number of rotatable bonds is 4. The van der Waals surface area contributed by atoms with Crippen molar-refractivity contribution in [3.05, 3.63) is 18.2 Å². The summed E-state index contributed by atoms with van der Waals surface area (Å²) in [6.45, 7) is 3.06. The molecule has 0 bridgehead atoms. The molecular formula is C10H16N2O. The molecule has 3 nitrogen and oxygen atoms in total. The largest absolute Gasteiger partial charge is 0.508 e. The van der Waals surface area contributed by atoms with E-state index in [-0.39, 0.29) is 5.75 Å². The van der Waals surface area contributed by atoms with E-state index >= 15 is 0 Å². The van der Waals surface area contributed by atoms with E-state index < -0.39 is 0 Å². The summed E-state index contributed by atoms with van der Waals surface area (Å²) in [6.07, 6.45) is 1.09. The van der Waals surface area contributed by atoms with Crippen molar-refractivity contribution in [1.29, 1.82) is 0 Å². The first-order valence-electron chi connectivity index (χ1n) is 4.52. The van der Waals surface area contributed by atoms with Crippen molar-refractivity contribution in [3.63, 3.8) is 0 Å². The van der Waals surface area contributed by atoms with Crippen LogP contribution in [0.3, 0.4) is 0 Å². The second-order valence-electron chi connectivity index (χ2n) is 2.91. The van der Waals surface area contributed by atoms with Gasteiger partial charge in [-0.2, -0.15) is 0 Å². The summed E-state index contributed by atoms with van der Waals surface area (Å²) in [5.41, 5.74) is 1.95. The molecule has 72 valence electrons. The highest BCUT2D eigenvalue weighted by molar-refractivity contribution is 5.70. The van der Waals surface area contributed by atoms with Gasteiger partial charge in [0, 0.05) is 19.7 Å². The molecule has 0 radical (unpaired) electrons. The van der Waals surface area contributed by atoms with E-state index in [0.717, 1.165) is 24.3 Å². The van der Waals surface area contributed by atoms with Crippen LogP contribution >= 0.6 is 0 Å². The Morgan fingerprint density at radius 2 is 2.08 bits per heavy atom. The van der Waals surface area contributed by atoms with E-state index in [9.17, 15) is 5.11 Å². The average molecular weight is 180 g/mol. The third kappa shape index (κ3) is 2.54. The first kappa shape index (κ1) is 9.71. The van der Waals surface area contributed by atoms with Crippen LogP contribution in [0.15, 0.2) is 18.2 Å². The van der Waals surface area contributed by atoms with E-state index in [2.05, 4.69) is 17.6 Å². The fourth-order valence-electron chi connectivity index (χ4n) is 1.15. The van der Waals surface area contributed by atoms with E-state index in [0.29, 0.717) is 0 Å². The Balaban J connectivity index is 2.79. The van der Waals surface area contributed by atoms with Crippen LogP contribution in [0.4, 0.5) is 11.4 Å². The van der Waals surface area contributed by atoms with Crippen LogP contribution in [0, 0.1) is 0 Å². The first-order valence-corrected chi connectivity index (χ1v) is 4.52. The van der Waals surface area contributed by atoms with Crippen molar-refractivity contribution in [2.24, 2.45) is 0 Å². The van der Waals surface area contributed by atoms with Gasteiger partial charge < -0.3 is 15.7 Å². The Morgan fingerprint density at radius 1 is 1.31 bits per heavy atom. The Kier molecular flexibility index (Phi) is 3.43. The van der Waals surface area contributed by atoms with Crippen LogP contribution in [0.5, 0.6) is 5.75 Å². The van der Waals surface area contributed by atoms with Gasteiger partial charge in [-0.05, 0) is 18.6 Å². The molecule has 0 saturated carbocycles. The van der Waals surface area contributed by atoms with Crippen LogP contribution in [-0.4, -0.2) is 18.7 Å². The quantitative estimate of drug-likeness (QED) is 0.623. The molecular weight excluding hydrogens is 164 g/mol. The molecule has 1 aromatic carbocycles. The fourth-order valence-corrected chi connectivity index (χ4v) is 1.15. The fraction of sp³-hybridized carbons (Fsp3) is 0.400. The second-order valence-corrected chi connectivity index (χ2v) is 2.91. The SMILES string of the molecule is CCCNc1ccc(O)cc1NC. The van der Waals surface area contributed by atoms with Gasteiger partial charge in [-0.15, -0.1) is 0 Å². The Hall–Kier alpha value is -1.38. The van der Waals surface area contributed by atoms with Gasteiger partial charge in [-0.3, -0.25) is 0 Å². The highest BCUT2D eigenvalue weighted by atomic mass is 16.3. The van der Waals surface area contributed by atoms with E-state index in [1.54, 1.807) is 12.1 Å². The highest BCUT2D eigenvalue weighted by Crippen LogP contribution is 2.25. The van der Waals surface area contributed by atoms with Gasteiger partial charge in [0.15, 0.2) is 0 Å². The lowest BCUT2D eigenvalue weighted by molar-refractivity contribution is 0.475. The van der Waals surface area contributed by atoms with E-state index in [4.69, 9.17) is 0 Å². The number of phenols is 1. The van der Waals surface area contributed by atoms with Crippen molar-refractivity contribution in [2.75, 3.05) is 24.2 Å². The van der Waals surface area contributed by atoms with Crippen molar-refractivity contribution in [1.82, 2.24) is 0 Å². The Bertz CT molecular complexity index is 274. The van der Waals surface area contributed by atoms with Crippen LogP contribution in [-0.2, 0) is 0 Å². The van der Waals surface area contributed by atoms with Gasteiger partial charge in [0.25, 0.3) is 0 Å². The normalized spacial score (nSPS) is 9.69. The van der Waals surface area contributed by atoms with Crippen molar-refractivity contribution in [3.8, 4) is 5.75 Å². The lowest BCUT2D eigenvalue weighted by Gasteiger charge is -2.10. The minimum atomic E-state index is 0.284. The molecule has 0 atom stereocenters. The third-order valence-electron chi connectivity index (χ3n) is 1.84. The maximum absolute atomic E-state index is 9.23. The zero-order valence-electron chi connectivity index (χ0n) is 8.09. The van der Waals surface area contributed by atoms with Gasteiger partial charge >= 0.3 is 0 Å². The molecule has 0 saturated heterocycles. The van der Waals surface area contributed by atoms with E-state index in [1.165, 1.54) is 0 Å². The molecule has 0 aliphatic heterocycles. The summed E-state index contributed by atoms with van der Waals surface area (Å²) in [6, 6.07) is 5.26. The highest BCUT2D eigenvalue weighted by Gasteiger charge is 1.99. The minimum Gasteiger partial charge on any atom is -0.508 e. The van der Waals surface area contributed by atoms with Gasteiger partial charge in [0.2, 0.25) is 0 Å². The summed E-state index contributed by atoms with van der Waals surface area (Å²) in [7, 11) is 1.84. The number of benzene rings is 1. The summed E-state index contributed by atoms with van der Waals surface area (Å²) in [5.74, 6) is 0.284. The summed E-state index contributed by atoms with van der Waals surface area (Å²) < 4.78 is 0. The Morgan fingerprint density at radius 3 is 2.69 bits per heavy atom. The summed E-state index contributed by atoms with van der Waals surface area (Å²) >= 11 is 0. The second kappa shape index (κ2) is 4.60. The van der Waals surface area contributed by atoms with Crippen molar-refractivity contribution in [2.45, 2.75) is 13.3 Å². The molecule has 0 aliphatic rings. The molecule has 0 fully saturated rings. The molecule has 0 unspecified atom stereocenters. The minimum absolute atomic E-state index is 0.284. The molecule has 3 N–H and O–H groups in total. The van der Waals surface area contributed by atoms with Crippen LogP contribution in [0.25, 0.3) is 0 Å². The molecule has 1 rings (SSSR count). The molecule has 1 aromatic rings. The van der Waals surface area contributed by atoms with Gasteiger partial charge in [-0.25, -0.2) is 0 Å². The van der Waals surface area contributed by atoms with Crippen molar-refractivity contribution >= 4 is 11.4 Å². The number of phenolic OH excluding ortho intramolecular Hbond substituents is 1. The first-order chi connectivity index (χ1) is 6.27. The van der Waals surface area contributed by atoms with Gasteiger partial charge in [0.1, 0.15) is 5.75 Å². The number of nitrogens with one attached hydrogen (secondary N) is 2. The third-order valence-corrected chi connectivity index (χ3v) is 1.84. The van der Waals surface area contributed by atoms with Gasteiger partial charge in [0.05, 0.1) is 11.4 Å². The zero-order valence-corrected chi connectivity index (χ0v) is 8.09. The van der Waals surface area contributed by atoms with Crippen LogP contribution < -0.4 is 10.6 Å². The standard InChI is InChI=1S/C10H16N2O/c1-3-6-12-9-5-4-8(13)7-10(9)11-2/h4-5,7,11-13H,3,6H2,1-2H3. The monoisotopic (exact) mass is 180 g/mol. The molecule has 0 heterocycles. The number of hydrogen-bond donors (Lipinski definition) is 3. The van der Waals surface area contributed by atoms with Crippen molar-refractivity contribution < 1.29 is 5.11 Å². The van der Waals surface area contributed by atoms with E-state index in [1.807, 2.05) is 13.1 Å². The molecule has 0 aliphatic carbocycles. The Labute approximate surface area is 78.8 Å². The summed E-state index contributed by atoms with van der Waals surface area (Å²) in [5, 5.41) is 15.5. The maximum Gasteiger partial charge on any atom is 0.117 e. The number of aromatic hydroxyl groups is 1. The number of anilines is 2. The lowest BCUT2D eigenvalue weighted by Crippen LogP contribution is -2.02. The zero-order chi connectivity index (χ0) is 9.68. The van der Waals surface area contributed by atoms with Crippen LogP contribution in [0.1, 0.15) is 13.3 Å². The summed E-state index contributed by atoms with van der Waals surface area (Å²) in [4.78, 5) is 0.